The van der Waals surface area contributed by atoms with Crippen molar-refractivity contribution in [3.05, 3.63) is 60.7 Å². The van der Waals surface area contributed by atoms with Crippen LogP contribution < -0.4 is 0 Å². The minimum absolute atomic E-state index is 0. The van der Waals surface area contributed by atoms with Gasteiger partial charge in [0, 0.05) is 0 Å². The predicted octanol–water partition coefficient (Wildman–Crippen LogP) is 2.46. The van der Waals surface area contributed by atoms with Crippen LogP contribution in [0.25, 0.3) is 0 Å². The quantitative estimate of drug-likeness (QED) is 0.535. The third kappa shape index (κ3) is 13.0. The second-order valence-electron chi connectivity index (χ2n) is 3.89. The van der Waals surface area contributed by atoms with Crippen molar-refractivity contribution in [2.75, 3.05) is 0 Å². The Morgan fingerprint density at radius 3 is 1.12 bits per heavy atom. The zero-order valence-electron chi connectivity index (χ0n) is 12.2. The van der Waals surface area contributed by atoms with Crippen LogP contribution in [0.15, 0.2) is 79.9 Å². The normalized spacial score (nSPS) is 11.6. The van der Waals surface area contributed by atoms with Gasteiger partial charge in [0.1, 0.15) is 0 Å². The first kappa shape index (κ1) is 23.0. The first-order valence-electron chi connectivity index (χ1n) is 6.03. The van der Waals surface area contributed by atoms with Gasteiger partial charge in [0.25, 0.3) is 0 Å². The summed E-state index contributed by atoms with van der Waals surface area (Å²) < 4.78 is 65.1. The Bertz CT molecular complexity index is 826. The summed E-state index contributed by atoms with van der Waals surface area (Å²) in [5, 5.41) is 6.40. The van der Waals surface area contributed by atoms with Gasteiger partial charge in [0.05, 0.1) is 11.4 Å². The third-order valence-electron chi connectivity index (χ3n) is 2.02. The molecule has 0 bridgehead atoms. The molecule has 0 N–H and O–H groups in total. The van der Waals surface area contributed by atoms with E-state index in [0.717, 1.165) is 0 Å². The summed E-state index contributed by atoms with van der Waals surface area (Å²) in [7, 11) is -9.23. The molecular formula is C12H10CoN4O6S2. The van der Waals surface area contributed by atoms with Gasteiger partial charge >= 0.3 is 16.8 Å². The standard InChI is InChI=1S/2C6H6N2O3S.Co/c2*9-12(10,11)8-7-6-4-2-1-3-5-6;/h2*1-5H,(H,9,10,11);/q;;+2/p-2. The van der Waals surface area contributed by atoms with Crippen molar-refractivity contribution in [2.24, 2.45) is 19.3 Å². The van der Waals surface area contributed by atoms with Crippen LogP contribution >= 0.6 is 0 Å². The molecule has 0 unspecified atom stereocenters. The van der Waals surface area contributed by atoms with E-state index in [1.807, 2.05) is 0 Å². The summed E-state index contributed by atoms with van der Waals surface area (Å²) in [5.41, 5.74) is 0.661. The molecule has 10 nitrogen and oxygen atoms in total. The van der Waals surface area contributed by atoms with E-state index in [2.05, 4.69) is 19.3 Å². The summed E-state index contributed by atoms with van der Waals surface area (Å²) in [6.07, 6.45) is 0. The summed E-state index contributed by atoms with van der Waals surface area (Å²) in [4.78, 5) is 0. The van der Waals surface area contributed by atoms with Crippen molar-refractivity contribution in [3.63, 3.8) is 0 Å². The average molecular weight is 429 g/mol. The van der Waals surface area contributed by atoms with Gasteiger partial charge in [-0.05, 0) is 24.3 Å². The molecule has 0 saturated heterocycles. The van der Waals surface area contributed by atoms with Gasteiger partial charge in [-0.1, -0.05) is 45.4 Å². The fourth-order valence-electron chi connectivity index (χ4n) is 1.18. The molecule has 25 heavy (non-hydrogen) atoms. The van der Waals surface area contributed by atoms with Crippen molar-refractivity contribution in [1.82, 2.24) is 0 Å². The second kappa shape index (κ2) is 10.8. The van der Waals surface area contributed by atoms with Crippen LogP contribution in [0.5, 0.6) is 0 Å². The predicted molar refractivity (Wildman–Crippen MR) is 81.3 cm³/mol. The topological polar surface area (TPSA) is 164 Å². The molecule has 0 spiro atoms. The number of nitrogens with zero attached hydrogens (tertiary/aromatic N) is 4. The summed E-state index contributed by atoms with van der Waals surface area (Å²) in [5.74, 6) is 0. The minimum Gasteiger partial charge on any atom is -0.728 e. The van der Waals surface area contributed by atoms with Crippen LogP contribution in [-0.4, -0.2) is 25.9 Å². The van der Waals surface area contributed by atoms with Crippen LogP contribution in [0.3, 0.4) is 0 Å². The Hall–Kier alpha value is -2.03. The molecule has 0 aliphatic rings. The fraction of sp³-hybridized carbons (Fsp3) is 0. The van der Waals surface area contributed by atoms with E-state index in [4.69, 9.17) is 0 Å². The molecule has 2 rings (SSSR count). The van der Waals surface area contributed by atoms with Crippen LogP contribution in [0, 0.1) is 0 Å². The van der Waals surface area contributed by atoms with Gasteiger partial charge in [-0.2, -0.15) is 0 Å². The van der Waals surface area contributed by atoms with Gasteiger partial charge in [0.15, 0.2) is 0 Å². The third-order valence-corrected chi connectivity index (χ3v) is 2.59. The number of hydrogen-bond acceptors (Lipinski definition) is 8. The second-order valence-corrected chi connectivity index (χ2v) is 5.93. The fourth-order valence-corrected chi connectivity index (χ4v) is 1.57. The van der Waals surface area contributed by atoms with Crippen LogP contribution in [-0.2, 0) is 37.4 Å². The molecule has 135 valence electrons. The number of rotatable bonds is 4. The molecular weight excluding hydrogens is 419 g/mol. The molecule has 0 heterocycles. The molecule has 0 atom stereocenters. The Balaban J connectivity index is 0.000000443. The van der Waals surface area contributed by atoms with Crippen molar-refractivity contribution in [2.45, 2.75) is 0 Å². The molecule has 2 aromatic carbocycles. The largest absolute Gasteiger partial charge is 2.00 e. The Morgan fingerprint density at radius 1 is 0.600 bits per heavy atom. The molecule has 0 aliphatic heterocycles. The summed E-state index contributed by atoms with van der Waals surface area (Å²) in [6.45, 7) is 0. The van der Waals surface area contributed by atoms with E-state index in [-0.39, 0.29) is 16.8 Å². The minimum atomic E-state index is -4.61. The number of hydrogen-bond donors (Lipinski definition) is 0. The molecule has 0 saturated carbocycles. The molecule has 2 aromatic rings. The first-order chi connectivity index (χ1) is 11.2. The van der Waals surface area contributed by atoms with E-state index in [1.165, 1.54) is 24.3 Å². The van der Waals surface area contributed by atoms with Gasteiger partial charge < -0.3 is 9.11 Å². The SMILES string of the molecule is O=S(=O)([O-])N=Nc1ccccc1.O=S(=O)([O-])N=Nc1ccccc1.[Co+2]. The van der Waals surface area contributed by atoms with Gasteiger partial charge in [-0.3, -0.25) is 0 Å². The average Bonchev–Trinajstić information content (AvgIpc) is 2.52. The van der Waals surface area contributed by atoms with E-state index in [9.17, 15) is 25.9 Å². The van der Waals surface area contributed by atoms with Crippen molar-refractivity contribution in [3.8, 4) is 0 Å². The first-order valence-corrected chi connectivity index (χ1v) is 8.76. The van der Waals surface area contributed by atoms with E-state index >= 15 is 0 Å². The Kier molecular flexibility index (Phi) is 9.88. The molecule has 0 aromatic heterocycles. The summed E-state index contributed by atoms with van der Waals surface area (Å²) >= 11 is 0. The number of benzene rings is 2. The van der Waals surface area contributed by atoms with Crippen LogP contribution in [0.4, 0.5) is 11.4 Å². The molecule has 0 amide bonds. The molecule has 13 heteroatoms. The Morgan fingerprint density at radius 2 is 0.880 bits per heavy atom. The maximum absolute atomic E-state index is 9.99. The van der Waals surface area contributed by atoms with E-state index < -0.39 is 20.6 Å². The van der Waals surface area contributed by atoms with E-state index in [1.54, 1.807) is 36.4 Å². The van der Waals surface area contributed by atoms with Crippen molar-refractivity contribution < 1.29 is 42.7 Å². The zero-order chi connectivity index (χ0) is 18.1. The molecule has 0 aliphatic carbocycles. The monoisotopic (exact) mass is 429 g/mol. The summed E-state index contributed by atoms with van der Waals surface area (Å²) in [6, 6.07) is 16.3. The van der Waals surface area contributed by atoms with Crippen LogP contribution in [0.2, 0.25) is 0 Å². The van der Waals surface area contributed by atoms with Gasteiger partial charge in [-0.25, -0.2) is 16.8 Å². The van der Waals surface area contributed by atoms with Crippen LogP contribution in [0.1, 0.15) is 0 Å². The van der Waals surface area contributed by atoms with E-state index in [0.29, 0.717) is 11.4 Å². The van der Waals surface area contributed by atoms with Gasteiger partial charge in [0.2, 0.25) is 20.6 Å². The Labute approximate surface area is 154 Å². The maximum atomic E-state index is 9.99. The molecule has 0 fully saturated rings. The smallest absolute Gasteiger partial charge is 0.728 e. The van der Waals surface area contributed by atoms with Crippen molar-refractivity contribution >= 4 is 32.0 Å². The molecule has 1 radical (unpaired) electrons. The van der Waals surface area contributed by atoms with Gasteiger partial charge in [-0.15, -0.1) is 10.2 Å². The zero-order valence-corrected chi connectivity index (χ0v) is 14.8. The maximum Gasteiger partial charge on any atom is 2.00 e. The van der Waals surface area contributed by atoms with Crippen molar-refractivity contribution in [1.29, 1.82) is 0 Å².